The number of nitrogens with zero attached hydrogens (tertiary/aromatic N) is 4. The predicted molar refractivity (Wildman–Crippen MR) is 86.2 cm³/mol. The van der Waals surface area contributed by atoms with Gasteiger partial charge in [0.25, 0.3) is 0 Å². The van der Waals surface area contributed by atoms with Gasteiger partial charge in [0.1, 0.15) is 11.6 Å². The van der Waals surface area contributed by atoms with Gasteiger partial charge < -0.3 is 14.4 Å². The molecule has 0 bridgehead atoms. The van der Waals surface area contributed by atoms with Crippen molar-refractivity contribution < 1.29 is 9.47 Å². The second-order valence-corrected chi connectivity index (χ2v) is 5.88. The first kappa shape index (κ1) is 14.4. The van der Waals surface area contributed by atoms with Gasteiger partial charge in [0, 0.05) is 50.7 Å². The molecule has 23 heavy (non-hydrogen) atoms. The van der Waals surface area contributed by atoms with Crippen LogP contribution in [0.3, 0.4) is 0 Å². The highest BCUT2D eigenvalue weighted by molar-refractivity contribution is 5.38. The third kappa shape index (κ3) is 3.28. The maximum absolute atomic E-state index is 5.48. The van der Waals surface area contributed by atoms with Crippen molar-refractivity contribution in [2.45, 2.75) is 13.2 Å². The molecule has 3 heterocycles. The van der Waals surface area contributed by atoms with E-state index in [2.05, 4.69) is 38.0 Å². The summed E-state index contributed by atoms with van der Waals surface area (Å²) in [5.74, 6) is 1.92. The quantitative estimate of drug-likeness (QED) is 0.859. The van der Waals surface area contributed by atoms with Crippen molar-refractivity contribution in [3.8, 4) is 5.75 Å². The summed E-state index contributed by atoms with van der Waals surface area (Å²) in [4.78, 5) is 13.3. The molecule has 1 aromatic heterocycles. The zero-order valence-corrected chi connectivity index (χ0v) is 13.0. The second kappa shape index (κ2) is 6.52. The van der Waals surface area contributed by atoms with E-state index in [1.165, 1.54) is 5.56 Å². The molecule has 0 unspecified atom stereocenters. The van der Waals surface area contributed by atoms with Crippen molar-refractivity contribution in [1.82, 2.24) is 14.9 Å². The number of anilines is 1. The summed E-state index contributed by atoms with van der Waals surface area (Å²) in [6, 6.07) is 6.41. The maximum atomic E-state index is 5.48. The lowest BCUT2D eigenvalue weighted by Gasteiger charge is -2.35. The Hall–Kier alpha value is -2.18. The van der Waals surface area contributed by atoms with Crippen LogP contribution in [0.4, 0.5) is 5.82 Å². The molecule has 0 N–H and O–H groups in total. The third-order valence-corrected chi connectivity index (χ3v) is 4.33. The van der Waals surface area contributed by atoms with Gasteiger partial charge in [-0.1, -0.05) is 6.07 Å². The van der Waals surface area contributed by atoms with E-state index < -0.39 is 0 Å². The number of aromatic nitrogens is 2. The number of piperazine rings is 1. The van der Waals surface area contributed by atoms with Crippen LogP contribution in [0.15, 0.2) is 36.8 Å². The predicted octanol–water partition coefficient (Wildman–Crippen LogP) is 1.67. The van der Waals surface area contributed by atoms with Crippen LogP contribution in [-0.2, 0) is 17.9 Å². The van der Waals surface area contributed by atoms with Crippen molar-refractivity contribution >= 4 is 5.82 Å². The molecule has 2 aliphatic heterocycles. The van der Waals surface area contributed by atoms with Gasteiger partial charge in [0.15, 0.2) is 6.79 Å². The van der Waals surface area contributed by atoms with Crippen LogP contribution in [0.1, 0.15) is 11.1 Å². The molecule has 2 aliphatic rings. The molecule has 0 spiro atoms. The van der Waals surface area contributed by atoms with Crippen LogP contribution < -0.4 is 9.64 Å². The van der Waals surface area contributed by atoms with Crippen molar-refractivity contribution in [2.75, 3.05) is 37.9 Å². The van der Waals surface area contributed by atoms with Gasteiger partial charge in [-0.15, -0.1) is 0 Å². The molecule has 1 fully saturated rings. The Bertz CT molecular complexity index is 657. The summed E-state index contributed by atoms with van der Waals surface area (Å²) in [5.41, 5.74) is 2.46. The zero-order valence-electron chi connectivity index (χ0n) is 13.0. The van der Waals surface area contributed by atoms with E-state index in [4.69, 9.17) is 9.47 Å². The summed E-state index contributed by atoms with van der Waals surface area (Å²) in [7, 11) is 0. The Morgan fingerprint density at radius 3 is 2.83 bits per heavy atom. The van der Waals surface area contributed by atoms with Crippen molar-refractivity contribution in [3.05, 3.63) is 47.9 Å². The summed E-state index contributed by atoms with van der Waals surface area (Å²) in [5, 5.41) is 0. The Balaban J connectivity index is 1.36. The molecule has 4 rings (SSSR count). The number of hydrogen-bond donors (Lipinski definition) is 0. The number of fused-ring (bicyclic) bond motifs is 1. The average molecular weight is 312 g/mol. The molecule has 0 aliphatic carbocycles. The molecule has 0 saturated carbocycles. The minimum atomic E-state index is 0.358. The molecule has 0 atom stereocenters. The lowest BCUT2D eigenvalue weighted by molar-refractivity contribution is -0.0164. The molecule has 1 saturated heterocycles. The SMILES string of the molecule is c1cnc(N2CCN(Cc3ccc4c(c3)COCO4)CC2)cn1. The van der Waals surface area contributed by atoms with Crippen molar-refractivity contribution in [3.63, 3.8) is 0 Å². The molecule has 2 aromatic rings. The topological polar surface area (TPSA) is 50.7 Å². The summed E-state index contributed by atoms with van der Waals surface area (Å²) in [6.07, 6.45) is 5.29. The fraction of sp³-hybridized carbons (Fsp3) is 0.412. The zero-order chi connectivity index (χ0) is 15.5. The first-order chi connectivity index (χ1) is 11.4. The van der Waals surface area contributed by atoms with Gasteiger partial charge in [0.2, 0.25) is 0 Å². The second-order valence-electron chi connectivity index (χ2n) is 5.88. The first-order valence-corrected chi connectivity index (χ1v) is 7.94. The number of ether oxygens (including phenoxy) is 2. The van der Waals surface area contributed by atoms with Crippen molar-refractivity contribution in [2.24, 2.45) is 0 Å². The van der Waals surface area contributed by atoms with E-state index in [9.17, 15) is 0 Å². The van der Waals surface area contributed by atoms with Gasteiger partial charge in [-0.3, -0.25) is 9.88 Å². The smallest absolute Gasteiger partial charge is 0.189 e. The summed E-state index contributed by atoms with van der Waals surface area (Å²) in [6.45, 7) is 5.98. The molecular weight excluding hydrogens is 292 g/mol. The van der Waals surface area contributed by atoms with Gasteiger partial charge in [-0.05, 0) is 17.7 Å². The van der Waals surface area contributed by atoms with Gasteiger partial charge >= 0.3 is 0 Å². The number of rotatable bonds is 3. The Morgan fingerprint density at radius 2 is 2.00 bits per heavy atom. The van der Waals surface area contributed by atoms with Crippen LogP contribution in [0.25, 0.3) is 0 Å². The molecule has 0 radical (unpaired) electrons. The fourth-order valence-electron chi connectivity index (χ4n) is 3.09. The molecule has 0 amide bonds. The van der Waals surface area contributed by atoms with Gasteiger partial charge in [0.05, 0.1) is 12.8 Å². The molecule has 120 valence electrons. The molecular formula is C17H20N4O2. The van der Waals surface area contributed by atoms with Crippen LogP contribution in [0, 0.1) is 0 Å². The Morgan fingerprint density at radius 1 is 1.09 bits per heavy atom. The molecule has 6 nitrogen and oxygen atoms in total. The number of hydrogen-bond acceptors (Lipinski definition) is 6. The van der Waals surface area contributed by atoms with E-state index in [-0.39, 0.29) is 0 Å². The monoisotopic (exact) mass is 312 g/mol. The maximum Gasteiger partial charge on any atom is 0.189 e. The Kier molecular flexibility index (Phi) is 4.08. The third-order valence-electron chi connectivity index (χ3n) is 4.33. The van der Waals surface area contributed by atoms with Crippen LogP contribution in [-0.4, -0.2) is 47.8 Å². The largest absolute Gasteiger partial charge is 0.467 e. The standard InChI is InChI=1S/C17H20N4O2/c1-2-16-15(12-22-13-23-16)9-14(1)11-20-5-7-21(8-6-20)17-10-18-3-4-19-17/h1-4,9-10H,5-8,11-13H2. The van der Waals surface area contributed by atoms with E-state index in [0.717, 1.165) is 49.9 Å². The van der Waals surface area contributed by atoms with E-state index in [0.29, 0.717) is 13.4 Å². The van der Waals surface area contributed by atoms with Crippen molar-refractivity contribution in [1.29, 1.82) is 0 Å². The van der Waals surface area contributed by atoms with E-state index >= 15 is 0 Å². The average Bonchev–Trinajstić information content (AvgIpc) is 2.63. The lowest BCUT2D eigenvalue weighted by Crippen LogP contribution is -2.46. The van der Waals surface area contributed by atoms with Crippen LogP contribution in [0.2, 0.25) is 0 Å². The van der Waals surface area contributed by atoms with Gasteiger partial charge in [-0.25, -0.2) is 4.98 Å². The minimum Gasteiger partial charge on any atom is -0.467 e. The normalized spacial score (nSPS) is 18.3. The fourth-order valence-corrected chi connectivity index (χ4v) is 3.09. The Labute approximate surface area is 135 Å². The van der Waals surface area contributed by atoms with Crippen LogP contribution >= 0.6 is 0 Å². The lowest BCUT2D eigenvalue weighted by atomic mass is 10.1. The summed E-state index contributed by atoms with van der Waals surface area (Å²) < 4.78 is 10.8. The highest BCUT2D eigenvalue weighted by Gasteiger charge is 2.19. The van der Waals surface area contributed by atoms with E-state index in [1.54, 1.807) is 12.4 Å². The van der Waals surface area contributed by atoms with Crippen LogP contribution in [0.5, 0.6) is 5.75 Å². The minimum absolute atomic E-state index is 0.358. The summed E-state index contributed by atoms with van der Waals surface area (Å²) >= 11 is 0. The molecule has 1 aromatic carbocycles. The first-order valence-electron chi connectivity index (χ1n) is 7.94. The highest BCUT2D eigenvalue weighted by atomic mass is 16.7. The molecule has 6 heteroatoms. The van der Waals surface area contributed by atoms with E-state index in [1.807, 2.05) is 6.20 Å². The number of benzene rings is 1. The highest BCUT2D eigenvalue weighted by Crippen LogP contribution is 2.25. The van der Waals surface area contributed by atoms with Gasteiger partial charge in [-0.2, -0.15) is 0 Å².